The molecule has 0 bridgehead atoms. The molecule has 0 saturated carbocycles. The van der Waals surface area contributed by atoms with Crippen LogP contribution < -0.4 is 4.90 Å². The van der Waals surface area contributed by atoms with E-state index in [0.717, 1.165) is 27.5 Å². The lowest BCUT2D eigenvalue weighted by Gasteiger charge is -2.21. The molecule has 0 aliphatic rings. The van der Waals surface area contributed by atoms with Crippen LogP contribution in [0.1, 0.15) is 21.6 Å². The van der Waals surface area contributed by atoms with Crippen LogP contribution in [-0.2, 0) is 7.05 Å². The zero-order chi connectivity index (χ0) is 18.1. The number of anilines is 1. The van der Waals surface area contributed by atoms with Crippen LogP contribution in [0.5, 0.6) is 0 Å². The first-order chi connectivity index (χ1) is 11.9. The summed E-state index contributed by atoms with van der Waals surface area (Å²) < 4.78 is 2.74. The molecular weight excluding hydrogens is 334 g/mol. The van der Waals surface area contributed by atoms with Crippen LogP contribution in [0.15, 0.2) is 24.4 Å². The summed E-state index contributed by atoms with van der Waals surface area (Å²) in [5, 5.41) is 4.98. The van der Waals surface area contributed by atoms with E-state index in [4.69, 9.17) is 4.98 Å². The van der Waals surface area contributed by atoms with Crippen molar-refractivity contribution in [1.82, 2.24) is 19.7 Å². The minimum atomic E-state index is -0.115. The summed E-state index contributed by atoms with van der Waals surface area (Å²) in [6.07, 6.45) is 1.78. The van der Waals surface area contributed by atoms with Gasteiger partial charge in [-0.3, -0.25) is 14.4 Å². The fourth-order valence-corrected chi connectivity index (χ4v) is 3.63. The second-order valence-electron chi connectivity index (χ2n) is 6.49. The Morgan fingerprint density at radius 3 is 2.60 bits per heavy atom. The number of rotatable bonds is 5. The molecule has 2 aromatic heterocycles. The largest absolute Gasteiger partial charge is 0.308 e. The highest BCUT2D eigenvalue weighted by Gasteiger charge is 2.23. The van der Waals surface area contributed by atoms with Gasteiger partial charge in [0.15, 0.2) is 10.8 Å². The molecule has 0 radical (unpaired) electrons. The Bertz CT molecular complexity index is 911. The summed E-state index contributed by atoms with van der Waals surface area (Å²) in [6.45, 7) is 5.48. The normalized spacial score (nSPS) is 11.4. The van der Waals surface area contributed by atoms with Crippen LogP contribution in [0, 0.1) is 13.8 Å². The molecule has 132 valence electrons. The maximum absolute atomic E-state index is 13.0. The molecule has 2 heterocycles. The molecule has 0 spiro atoms. The van der Waals surface area contributed by atoms with Gasteiger partial charge in [0.1, 0.15) is 0 Å². The number of thiazole rings is 1. The van der Waals surface area contributed by atoms with Gasteiger partial charge in [0, 0.05) is 26.3 Å². The summed E-state index contributed by atoms with van der Waals surface area (Å²) in [6, 6.07) is 5.92. The monoisotopic (exact) mass is 357 g/mol. The minimum Gasteiger partial charge on any atom is -0.308 e. The molecular formula is C18H23N5OS. The predicted molar refractivity (Wildman–Crippen MR) is 103 cm³/mol. The number of aryl methyl sites for hydroxylation is 3. The molecule has 0 N–H and O–H groups in total. The van der Waals surface area contributed by atoms with E-state index in [0.29, 0.717) is 12.2 Å². The van der Waals surface area contributed by atoms with Gasteiger partial charge in [-0.05, 0) is 51.2 Å². The second-order valence-corrected chi connectivity index (χ2v) is 7.49. The van der Waals surface area contributed by atoms with Gasteiger partial charge < -0.3 is 4.90 Å². The third kappa shape index (κ3) is 3.57. The van der Waals surface area contributed by atoms with Gasteiger partial charge in [0.25, 0.3) is 5.91 Å². The average molecular weight is 357 g/mol. The van der Waals surface area contributed by atoms with Gasteiger partial charge in [0.2, 0.25) is 0 Å². The van der Waals surface area contributed by atoms with Crippen LogP contribution >= 0.6 is 11.3 Å². The molecule has 6 nitrogen and oxygen atoms in total. The van der Waals surface area contributed by atoms with E-state index >= 15 is 0 Å². The van der Waals surface area contributed by atoms with E-state index < -0.39 is 0 Å². The van der Waals surface area contributed by atoms with Gasteiger partial charge >= 0.3 is 0 Å². The lowest BCUT2D eigenvalue weighted by molar-refractivity contribution is 0.0979. The van der Waals surface area contributed by atoms with Crippen LogP contribution in [0.4, 0.5) is 5.13 Å². The first kappa shape index (κ1) is 17.6. The standard InChI is InChI=1S/C18H23N5OS/c1-12-6-7-15-16(13(12)2)19-18(25-15)23(11-10-21(3)4)17(24)14-8-9-22(5)20-14/h6-9H,10-11H2,1-5H3. The summed E-state index contributed by atoms with van der Waals surface area (Å²) in [4.78, 5) is 21.6. The number of fused-ring (bicyclic) bond motifs is 1. The quantitative estimate of drug-likeness (QED) is 0.705. The van der Waals surface area contributed by atoms with E-state index in [1.54, 1.807) is 33.2 Å². The third-order valence-corrected chi connectivity index (χ3v) is 5.30. The molecule has 0 unspecified atom stereocenters. The Morgan fingerprint density at radius 1 is 1.20 bits per heavy atom. The van der Waals surface area contributed by atoms with Gasteiger partial charge in [-0.2, -0.15) is 5.10 Å². The molecule has 7 heteroatoms. The number of carbonyl (C=O) groups is 1. The number of aromatic nitrogens is 3. The molecule has 1 amide bonds. The van der Waals surface area contributed by atoms with Crippen LogP contribution in [0.3, 0.4) is 0 Å². The van der Waals surface area contributed by atoms with Crippen molar-refractivity contribution in [2.75, 3.05) is 32.1 Å². The van der Waals surface area contributed by atoms with Crippen molar-refractivity contribution in [2.24, 2.45) is 7.05 Å². The molecule has 0 fully saturated rings. The molecule has 25 heavy (non-hydrogen) atoms. The van der Waals surface area contributed by atoms with Crippen molar-refractivity contribution >= 4 is 32.6 Å². The Balaban J connectivity index is 2.01. The Hall–Kier alpha value is -2.25. The SMILES string of the molecule is Cc1ccc2sc(N(CCN(C)C)C(=O)c3ccn(C)n3)nc2c1C. The van der Waals surface area contributed by atoms with Crippen molar-refractivity contribution in [2.45, 2.75) is 13.8 Å². The van der Waals surface area contributed by atoms with E-state index in [1.165, 1.54) is 5.56 Å². The lowest BCUT2D eigenvalue weighted by Crippen LogP contribution is -2.37. The van der Waals surface area contributed by atoms with Crippen molar-refractivity contribution < 1.29 is 4.79 Å². The highest BCUT2D eigenvalue weighted by molar-refractivity contribution is 7.22. The van der Waals surface area contributed by atoms with Crippen molar-refractivity contribution in [3.8, 4) is 0 Å². The number of likely N-dealkylation sites (N-methyl/N-ethyl adjacent to an activating group) is 1. The summed E-state index contributed by atoms with van der Waals surface area (Å²) in [5.74, 6) is -0.115. The highest BCUT2D eigenvalue weighted by Crippen LogP contribution is 2.32. The zero-order valence-electron chi connectivity index (χ0n) is 15.3. The van der Waals surface area contributed by atoms with Gasteiger partial charge in [0.05, 0.1) is 10.2 Å². The molecule has 0 saturated heterocycles. The number of hydrogen-bond donors (Lipinski definition) is 0. The van der Waals surface area contributed by atoms with Gasteiger partial charge in [-0.15, -0.1) is 0 Å². The van der Waals surface area contributed by atoms with Crippen molar-refractivity contribution in [1.29, 1.82) is 0 Å². The van der Waals surface area contributed by atoms with Crippen LogP contribution in [-0.4, -0.2) is 52.8 Å². The Morgan fingerprint density at radius 2 is 1.96 bits per heavy atom. The van der Waals surface area contributed by atoms with E-state index in [2.05, 4.69) is 36.0 Å². The lowest BCUT2D eigenvalue weighted by atomic mass is 10.1. The number of benzene rings is 1. The van der Waals surface area contributed by atoms with Crippen LogP contribution in [0.25, 0.3) is 10.2 Å². The number of hydrogen-bond acceptors (Lipinski definition) is 5. The average Bonchev–Trinajstić information content (AvgIpc) is 3.17. The summed E-state index contributed by atoms with van der Waals surface area (Å²) in [7, 11) is 5.80. The molecule has 0 atom stereocenters. The van der Waals surface area contributed by atoms with E-state index in [9.17, 15) is 4.79 Å². The maximum Gasteiger partial charge on any atom is 0.280 e. The molecule has 3 rings (SSSR count). The number of carbonyl (C=O) groups excluding carboxylic acids is 1. The molecule has 0 aliphatic carbocycles. The molecule has 3 aromatic rings. The fourth-order valence-electron chi connectivity index (χ4n) is 2.58. The fraction of sp³-hybridized carbons (Fsp3) is 0.389. The summed E-state index contributed by atoms with van der Waals surface area (Å²) >= 11 is 1.55. The summed E-state index contributed by atoms with van der Waals surface area (Å²) in [5.41, 5.74) is 3.79. The van der Waals surface area contributed by atoms with E-state index in [-0.39, 0.29) is 5.91 Å². The van der Waals surface area contributed by atoms with Crippen LogP contribution in [0.2, 0.25) is 0 Å². The Labute approximate surface area is 151 Å². The molecule has 0 aliphatic heterocycles. The topological polar surface area (TPSA) is 54.3 Å². The van der Waals surface area contributed by atoms with Gasteiger partial charge in [-0.25, -0.2) is 4.98 Å². The van der Waals surface area contributed by atoms with Crippen molar-refractivity contribution in [3.05, 3.63) is 41.2 Å². The first-order valence-corrected chi connectivity index (χ1v) is 9.01. The van der Waals surface area contributed by atoms with Gasteiger partial charge in [-0.1, -0.05) is 17.4 Å². The Kier molecular flexibility index (Phi) is 4.87. The maximum atomic E-state index is 13.0. The van der Waals surface area contributed by atoms with Crippen molar-refractivity contribution in [3.63, 3.8) is 0 Å². The van der Waals surface area contributed by atoms with E-state index in [1.807, 2.05) is 21.1 Å². The smallest absolute Gasteiger partial charge is 0.280 e. The first-order valence-electron chi connectivity index (χ1n) is 8.20. The second kappa shape index (κ2) is 6.93. The predicted octanol–water partition coefficient (Wildman–Crippen LogP) is 2.86. The number of nitrogens with zero attached hydrogens (tertiary/aromatic N) is 5. The minimum absolute atomic E-state index is 0.115. The zero-order valence-corrected chi connectivity index (χ0v) is 16.1. The highest BCUT2D eigenvalue weighted by atomic mass is 32.1. The molecule has 1 aromatic carbocycles. The number of amides is 1. The third-order valence-electron chi connectivity index (χ3n) is 4.25.